The molecule has 0 spiro atoms. The number of halogens is 1. The lowest BCUT2D eigenvalue weighted by molar-refractivity contribution is 0.213. The minimum Gasteiger partial charge on any atom is -0.303 e. The summed E-state index contributed by atoms with van der Waals surface area (Å²) in [4.78, 5) is 7.20. The Labute approximate surface area is 235 Å². The molecule has 38 heavy (non-hydrogen) atoms. The van der Waals surface area contributed by atoms with Gasteiger partial charge in [0.2, 0.25) is 0 Å². The van der Waals surface area contributed by atoms with Gasteiger partial charge in [-0.25, -0.2) is 13.1 Å². The first-order valence-electron chi connectivity index (χ1n) is 12.9. The van der Waals surface area contributed by atoms with E-state index in [1.54, 1.807) is 29.5 Å². The quantitative estimate of drug-likeness (QED) is 0.195. The van der Waals surface area contributed by atoms with Crippen molar-refractivity contribution in [3.8, 4) is 26.7 Å². The summed E-state index contributed by atoms with van der Waals surface area (Å²) in [5.74, 6) is 0. The first kappa shape index (κ1) is 28.5. The van der Waals surface area contributed by atoms with Gasteiger partial charge in [-0.2, -0.15) is 5.10 Å². The van der Waals surface area contributed by atoms with Crippen LogP contribution in [0.4, 0.5) is 0 Å². The highest BCUT2D eigenvalue weighted by molar-refractivity contribution is 7.90. The first-order valence-corrected chi connectivity index (χ1v) is 16.0. The number of para-hydroxylation sites is 1. The molecule has 202 valence electrons. The van der Waals surface area contributed by atoms with E-state index in [0.29, 0.717) is 9.92 Å². The van der Waals surface area contributed by atoms with Crippen LogP contribution in [0.3, 0.4) is 0 Å². The molecule has 2 heterocycles. The van der Waals surface area contributed by atoms with Crippen LogP contribution in [0.25, 0.3) is 26.7 Å². The highest BCUT2D eigenvalue weighted by Crippen LogP contribution is 2.37. The summed E-state index contributed by atoms with van der Waals surface area (Å²) in [5, 5.41) is 5.64. The number of nitrogens with zero attached hydrogens (tertiary/aromatic N) is 4. The van der Waals surface area contributed by atoms with Gasteiger partial charge in [0.1, 0.15) is 0 Å². The zero-order valence-electron chi connectivity index (χ0n) is 22.4. The lowest BCUT2D eigenvalue weighted by atomic mass is 10.2. The molecule has 0 atom stereocenters. The average Bonchev–Trinajstić information content (AvgIpc) is 3.56. The molecule has 0 saturated heterocycles. The topological polar surface area (TPSA) is 58.4 Å². The van der Waals surface area contributed by atoms with Crippen LogP contribution in [0.2, 0.25) is 5.02 Å². The van der Waals surface area contributed by atoms with Crippen LogP contribution in [-0.4, -0.2) is 67.0 Å². The van der Waals surface area contributed by atoms with Gasteiger partial charge in [-0.05, 0) is 67.7 Å². The summed E-state index contributed by atoms with van der Waals surface area (Å²) in [6, 6.07) is 21.1. The molecule has 0 N–H and O–H groups in total. The van der Waals surface area contributed by atoms with E-state index in [0.717, 1.165) is 71.7 Å². The lowest BCUT2D eigenvalue weighted by Gasteiger charge is -2.24. The lowest BCUT2D eigenvalue weighted by Crippen LogP contribution is -2.34. The highest BCUT2D eigenvalue weighted by Gasteiger charge is 2.18. The number of thiophene rings is 1. The molecule has 6 nitrogen and oxygen atoms in total. The molecule has 9 heteroatoms. The number of likely N-dealkylation sites (N-methyl/N-ethyl adjacent to an activating group) is 2. The van der Waals surface area contributed by atoms with Crippen molar-refractivity contribution in [1.82, 2.24) is 19.6 Å². The summed E-state index contributed by atoms with van der Waals surface area (Å²) in [6.07, 6.45) is 1.23. The van der Waals surface area contributed by atoms with Crippen LogP contribution < -0.4 is 0 Å². The summed E-state index contributed by atoms with van der Waals surface area (Å²) >= 11 is 8.22. The first-order chi connectivity index (χ1) is 18.2. The summed E-state index contributed by atoms with van der Waals surface area (Å²) in [5.41, 5.74) is 3.65. The second-order valence-electron chi connectivity index (χ2n) is 9.24. The highest BCUT2D eigenvalue weighted by atomic mass is 35.5. The maximum Gasteiger partial charge on any atom is 0.175 e. The number of aromatic nitrogens is 2. The molecule has 0 aliphatic heterocycles. The van der Waals surface area contributed by atoms with Gasteiger partial charge >= 0.3 is 0 Å². The van der Waals surface area contributed by atoms with Gasteiger partial charge in [0.25, 0.3) is 0 Å². The van der Waals surface area contributed by atoms with Crippen molar-refractivity contribution in [2.24, 2.45) is 0 Å². The molecule has 0 saturated carbocycles. The van der Waals surface area contributed by atoms with E-state index in [4.69, 9.17) is 16.7 Å². The van der Waals surface area contributed by atoms with E-state index in [-0.39, 0.29) is 0 Å². The Morgan fingerprint density at radius 3 is 2.24 bits per heavy atom. The van der Waals surface area contributed by atoms with Gasteiger partial charge in [-0.3, -0.25) is 4.90 Å². The van der Waals surface area contributed by atoms with Gasteiger partial charge in [-0.1, -0.05) is 56.6 Å². The Bertz CT molecular complexity index is 1480. The maximum atomic E-state index is 12.1. The third-order valence-electron chi connectivity index (χ3n) is 6.71. The molecule has 0 bridgehead atoms. The van der Waals surface area contributed by atoms with Crippen LogP contribution in [0.5, 0.6) is 0 Å². The smallest absolute Gasteiger partial charge is 0.175 e. The molecule has 2 aromatic heterocycles. The molecule has 0 unspecified atom stereocenters. The number of benzene rings is 2. The minimum absolute atomic E-state index is 0.317. The molecule has 0 radical (unpaired) electrons. The van der Waals surface area contributed by atoms with Crippen LogP contribution in [0.15, 0.2) is 71.6 Å². The molecule has 4 rings (SSSR count). The van der Waals surface area contributed by atoms with E-state index in [2.05, 4.69) is 42.7 Å². The molecule has 0 amide bonds. The zero-order chi connectivity index (χ0) is 27.3. The van der Waals surface area contributed by atoms with E-state index in [9.17, 15) is 8.42 Å². The molecule has 2 aromatic carbocycles. The van der Waals surface area contributed by atoms with Crippen molar-refractivity contribution < 1.29 is 8.42 Å². The summed E-state index contributed by atoms with van der Waals surface area (Å²) < 4.78 is 26.1. The van der Waals surface area contributed by atoms with E-state index >= 15 is 0 Å². The summed E-state index contributed by atoms with van der Waals surface area (Å²) in [7, 11) is -3.28. The van der Waals surface area contributed by atoms with Gasteiger partial charge in [-0.15, -0.1) is 11.3 Å². The number of hydrogen-bond acceptors (Lipinski definition) is 6. The van der Waals surface area contributed by atoms with Crippen molar-refractivity contribution in [2.45, 2.75) is 32.2 Å². The largest absolute Gasteiger partial charge is 0.303 e. The van der Waals surface area contributed by atoms with Gasteiger partial charge in [0, 0.05) is 30.8 Å². The second-order valence-corrected chi connectivity index (χ2v) is 12.8. The Kier molecular flexibility index (Phi) is 9.44. The van der Waals surface area contributed by atoms with Gasteiger partial charge < -0.3 is 4.90 Å². The molecular weight excluding hydrogens is 536 g/mol. The monoisotopic (exact) mass is 570 g/mol. The fourth-order valence-electron chi connectivity index (χ4n) is 4.40. The van der Waals surface area contributed by atoms with Crippen molar-refractivity contribution in [3.05, 3.63) is 77.4 Å². The predicted molar refractivity (Wildman–Crippen MR) is 159 cm³/mol. The van der Waals surface area contributed by atoms with Crippen molar-refractivity contribution in [1.29, 1.82) is 0 Å². The maximum absolute atomic E-state index is 12.1. The number of hydrogen-bond donors (Lipinski definition) is 0. The van der Waals surface area contributed by atoms with E-state index < -0.39 is 9.84 Å². The van der Waals surface area contributed by atoms with Crippen LogP contribution in [0.1, 0.15) is 26.5 Å². The third-order valence-corrected chi connectivity index (χ3v) is 9.29. The molecule has 4 aromatic rings. The molecule has 0 aliphatic carbocycles. The Morgan fingerprint density at radius 2 is 1.55 bits per heavy atom. The Morgan fingerprint density at radius 1 is 0.868 bits per heavy atom. The molecule has 0 fully saturated rings. The van der Waals surface area contributed by atoms with Crippen molar-refractivity contribution in [2.75, 3.05) is 39.0 Å². The van der Waals surface area contributed by atoms with Crippen LogP contribution >= 0.6 is 22.9 Å². The molecular formula is C29H35ClN4O2S2. The van der Waals surface area contributed by atoms with Crippen molar-refractivity contribution in [3.63, 3.8) is 0 Å². The normalized spacial score (nSPS) is 12.1. The second kappa shape index (κ2) is 12.6. The third kappa shape index (κ3) is 6.74. The van der Waals surface area contributed by atoms with E-state index in [1.807, 2.05) is 41.1 Å². The van der Waals surface area contributed by atoms with Gasteiger partial charge in [0.05, 0.1) is 31.9 Å². The minimum atomic E-state index is -3.28. The van der Waals surface area contributed by atoms with E-state index in [1.165, 1.54) is 6.26 Å². The fraction of sp³-hybridized carbons (Fsp3) is 0.345. The molecule has 0 aliphatic rings. The van der Waals surface area contributed by atoms with Gasteiger partial charge in [0.15, 0.2) is 9.84 Å². The predicted octanol–water partition coefficient (Wildman–Crippen LogP) is 6.49. The Hall–Kier alpha value is -2.49. The standard InChI is InChI=1S/C29H35ClN4O2S2/c1-5-32(6-2)17-18-33(7-3)21-23-20-27(34(31-23)26-14-9-8-13-25(26)30)29-16-15-28(37-29)22-11-10-12-24(19-22)38(4,35)36/h8-16,19-20H,5-7,17-18,21H2,1-4H3. The SMILES string of the molecule is CCN(CC)CCN(CC)Cc1cc(-c2ccc(-c3cccc(S(C)(=O)=O)c3)s2)n(-c2ccccc2Cl)n1. The van der Waals surface area contributed by atoms with Crippen LogP contribution in [-0.2, 0) is 16.4 Å². The van der Waals surface area contributed by atoms with Crippen molar-refractivity contribution >= 4 is 32.8 Å². The Balaban J connectivity index is 1.69. The fourth-order valence-corrected chi connectivity index (χ4v) is 6.29. The van der Waals surface area contributed by atoms with Crippen LogP contribution in [0, 0.1) is 0 Å². The number of rotatable bonds is 12. The summed E-state index contributed by atoms with van der Waals surface area (Å²) in [6.45, 7) is 12.4. The average molecular weight is 571 g/mol. The number of sulfone groups is 1. The zero-order valence-corrected chi connectivity index (χ0v) is 24.8.